The van der Waals surface area contributed by atoms with Crippen LogP contribution in [0.1, 0.15) is 24.8 Å². The molecule has 1 fully saturated rings. The van der Waals surface area contributed by atoms with Crippen molar-refractivity contribution < 1.29 is 13.2 Å². The van der Waals surface area contributed by atoms with E-state index in [-0.39, 0.29) is 17.5 Å². The van der Waals surface area contributed by atoms with Crippen molar-refractivity contribution in [1.82, 2.24) is 10.2 Å². The molecule has 1 saturated heterocycles. The van der Waals surface area contributed by atoms with Gasteiger partial charge in [-0.15, -0.1) is 0 Å². The maximum absolute atomic E-state index is 11.9. The monoisotopic (exact) mass is 310 g/mol. The number of amides is 2. The number of nitrogens with one attached hydrogen (secondary N) is 1. The summed E-state index contributed by atoms with van der Waals surface area (Å²) in [6.45, 7) is 3.32. The number of hydrogen-bond acceptors (Lipinski definition) is 3. The predicted octanol–water partition coefficient (Wildman–Crippen LogP) is 1.62. The molecule has 1 aliphatic heterocycles. The third-order valence-electron chi connectivity index (χ3n) is 3.85. The number of rotatable bonds is 4. The Bertz CT molecular complexity index is 558. The molecule has 2 rings (SSSR count). The minimum Gasteiger partial charge on any atom is -0.338 e. The standard InChI is InChI=1S/C15H22N2O3S/c1-13(14-5-3-2-4-6-14)7-8-16-15(18)17-9-11-21(19,20)12-10-17/h2-6,13H,7-12H2,1H3,(H,16,18)/t13-/m1/s1. The quantitative estimate of drug-likeness (QED) is 0.919. The van der Waals surface area contributed by atoms with Gasteiger partial charge in [0.25, 0.3) is 0 Å². The third-order valence-corrected chi connectivity index (χ3v) is 5.46. The van der Waals surface area contributed by atoms with Crippen LogP contribution in [0.25, 0.3) is 0 Å². The van der Waals surface area contributed by atoms with Crippen LogP contribution < -0.4 is 5.32 Å². The Hall–Kier alpha value is -1.56. The second-order valence-corrected chi connectivity index (χ2v) is 7.77. The van der Waals surface area contributed by atoms with Gasteiger partial charge in [0.1, 0.15) is 0 Å². The van der Waals surface area contributed by atoms with E-state index in [0.29, 0.717) is 25.6 Å². The van der Waals surface area contributed by atoms with Crippen LogP contribution in [0, 0.1) is 0 Å². The van der Waals surface area contributed by atoms with Crippen molar-refractivity contribution >= 4 is 15.9 Å². The molecule has 0 bridgehead atoms. The Balaban J connectivity index is 1.72. The molecule has 116 valence electrons. The molecule has 0 aromatic heterocycles. The number of nitrogens with zero attached hydrogens (tertiary/aromatic N) is 1. The molecule has 2 amide bonds. The first-order valence-corrected chi connectivity index (χ1v) is 9.08. The molecule has 0 radical (unpaired) electrons. The highest BCUT2D eigenvalue weighted by molar-refractivity contribution is 7.91. The molecule has 1 aromatic rings. The maximum atomic E-state index is 11.9. The fourth-order valence-corrected chi connectivity index (χ4v) is 3.57. The summed E-state index contributed by atoms with van der Waals surface area (Å²) >= 11 is 0. The summed E-state index contributed by atoms with van der Waals surface area (Å²) in [5, 5.41) is 2.87. The maximum Gasteiger partial charge on any atom is 0.317 e. The van der Waals surface area contributed by atoms with Gasteiger partial charge in [0.05, 0.1) is 11.5 Å². The summed E-state index contributed by atoms with van der Waals surface area (Å²) in [5.74, 6) is 0.523. The van der Waals surface area contributed by atoms with Crippen LogP contribution in [-0.2, 0) is 9.84 Å². The van der Waals surface area contributed by atoms with Gasteiger partial charge in [-0.1, -0.05) is 37.3 Å². The van der Waals surface area contributed by atoms with Gasteiger partial charge in [0, 0.05) is 19.6 Å². The lowest BCUT2D eigenvalue weighted by atomic mass is 9.98. The zero-order valence-electron chi connectivity index (χ0n) is 12.3. The van der Waals surface area contributed by atoms with Crippen molar-refractivity contribution in [2.24, 2.45) is 0 Å². The molecular formula is C15H22N2O3S. The molecule has 5 nitrogen and oxygen atoms in total. The van der Waals surface area contributed by atoms with Crippen molar-refractivity contribution in [2.75, 3.05) is 31.1 Å². The molecule has 0 saturated carbocycles. The average Bonchev–Trinajstić information content (AvgIpc) is 2.47. The lowest BCUT2D eigenvalue weighted by Crippen LogP contribution is -2.48. The molecular weight excluding hydrogens is 288 g/mol. The number of sulfone groups is 1. The first-order chi connectivity index (χ1) is 9.98. The first kappa shape index (κ1) is 15.8. The highest BCUT2D eigenvalue weighted by atomic mass is 32.2. The number of benzene rings is 1. The molecule has 1 aliphatic rings. The van der Waals surface area contributed by atoms with Gasteiger partial charge in [-0.3, -0.25) is 0 Å². The average molecular weight is 310 g/mol. The molecule has 1 heterocycles. The van der Waals surface area contributed by atoms with Gasteiger partial charge in [-0.2, -0.15) is 0 Å². The predicted molar refractivity (Wildman–Crippen MR) is 83.1 cm³/mol. The van der Waals surface area contributed by atoms with E-state index in [1.54, 1.807) is 4.90 Å². The van der Waals surface area contributed by atoms with Crippen molar-refractivity contribution in [3.05, 3.63) is 35.9 Å². The fourth-order valence-electron chi connectivity index (χ4n) is 2.37. The van der Waals surface area contributed by atoms with Crippen molar-refractivity contribution in [3.63, 3.8) is 0 Å². The summed E-state index contributed by atoms with van der Waals surface area (Å²) in [5.41, 5.74) is 1.26. The topological polar surface area (TPSA) is 66.5 Å². The van der Waals surface area contributed by atoms with E-state index in [9.17, 15) is 13.2 Å². The summed E-state index contributed by atoms with van der Waals surface area (Å²) in [6.07, 6.45) is 0.863. The minimum atomic E-state index is -2.94. The zero-order valence-corrected chi connectivity index (χ0v) is 13.1. The van der Waals surface area contributed by atoms with E-state index in [2.05, 4.69) is 24.4 Å². The van der Waals surface area contributed by atoms with E-state index in [1.807, 2.05) is 18.2 Å². The van der Waals surface area contributed by atoms with Crippen molar-refractivity contribution in [3.8, 4) is 0 Å². The van der Waals surface area contributed by atoms with Crippen molar-refractivity contribution in [1.29, 1.82) is 0 Å². The minimum absolute atomic E-state index is 0.0703. The Morgan fingerprint density at radius 2 is 1.86 bits per heavy atom. The largest absolute Gasteiger partial charge is 0.338 e. The third kappa shape index (κ3) is 4.74. The summed E-state index contributed by atoms with van der Waals surface area (Å²) < 4.78 is 22.6. The smallest absolute Gasteiger partial charge is 0.317 e. The Kier molecular flexibility index (Phi) is 5.22. The summed E-state index contributed by atoms with van der Waals surface area (Å²) in [4.78, 5) is 13.5. The van der Waals surface area contributed by atoms with Gasteiger partial charge in [0.15, 0.2) is 9.84 Å². The highest BCUT2D eigenvalue weighted by Gasteiger charge is 2.24. The highest BCUT2D eigenvalue weighted by Crippen LogP contribution is 2.17. The summed E-state index contributed by atoms with van der Waals surface area (Å²) in [6, 6.07) is 10.0. The van der Waals surface area contributed by atoms with E-state index in [1.165, 1.54) is 5.56 Å². The van der Waals surface area contributed by atoms with E-state index in [4.69, 9.17) is 0 Å². The Morgan fingerprint density at radius 1 is 1.24 bits per heavy atom. The second kappa shape index (κ2) is 6.93. The van der Waals surface area contributed by atoms with Gasteiger partial charge in [-0.05, 0) is 17.9 Å². The van der Waals surface area contributed by atoms with Crippen LogP contribution in [0.4, 0.5) is 4.79 Å². The number of carbonyl (C=O) groups excluding carboxylic acids is 1. The van der Waals surface area contributed by atoms with E-state index >= 15 is 0 Å². The molecule has 21 heavy (non-hydrogen) atoms. The van der Waals surface area contributed by atoms with Crippen LogP contribution in [-0.4, -0.2) is 50.5 Å². The summed E-state index contributed by atoms with van der Waals surface area (Å²) in [7, 11) is -2.94. The molecule has 6 heteroatoms. The Labute approximate surface area is 126 Å². The molecule has 0 unspecified atom stereocenters. The number of hydrogen-bond donors (Lipinski definition) is 1. The van der Waals surface area contributed by atoms with E-state index in [0.717, 1.165) is 6.42 Å². The molecule has 1 N–H and O–H groups in total. The SMILES string of the molecule is C[C@H](CCNC(=O)N1CCS(=O)(=O)CC1)c1ccccc1. The van der Waals surface area contributed by atoms with Crippen LogP contribution in [0.5, 0.6) is 0 Å². The lowest BCUT2D eigenvalue weighted by Gasteiger charge is -2.27. The lowest BCUT2D eigenvalue weighted by molar-refractivity contribution is 0.202. The molecule has 0 aliphatic carbocycles. The van der Waals surface area contributed by atoms with Gasteiger partial charge in [-0.25, -0.2) is 13.2 Å². The normalized spacial score (nSPS) is 19.0. The van der Waals surface area contributed by atoms with Gasteiger partial charge in [0.2, 0.25) is 0 Å². The molecule has 0 spiro atoms. The van der Waals surface area contributed by atoms with Crippen molar-refractivity contribution in [2.45, 2.75) is 19.3 Å². The molecule has 1 atom stereocenters. The van der Waals surface area contributed by atoms with Crippen LogP contribution in [0.2, 0.25) is 0 Å². The number of carbonyl (C=O) groups is 1. The van der Waals surface area contributed by atoms with Gasteiger partial charge >= 0.3 is 6.03 Å². The van der Waals surface area contributed by atoms with E-state index < -0.39 is 9.84 Å². The first-order valence-electron chi connectivity index (χ1n) is 7.26. The van der Waals surface area contributed by atoms with Crippen LogP contribution in [0.3, 0.4) is 0 Å². The fraction of sp³-hybridized carbons (Fsp3) is 0.533. The van der Waals surface area contributed by atoms with Crippen LogP contribution in [0.15, 0.2) is 30.3 Å². The van der Waals surface area contributed by atoms with Crippen LogP contribution >= 0.6 is 0 Å². The number of urea groups is 1. The Morgan fingerprint density at radius 3 is 2.48 bits per heavy atom. The molecule has 1 aromatic carbocycles. The zero-order chi connectivity index (χ0) is 15.3. The second-order valence-electron chi connectivity index (χ2n) is 5.47. The van der Waals surface area contributed by atoms with Gasteiger partial charge < -0.3 is 10.2 Å².